The molecule has 1 aliphatic carbocycles. The van der Waals surface area contributed by atoms with E-state index in [0.717, 1.165) is 66.1 Å². The summed E-state index contributed by atoms with van der Waals surface area (Å²) in [4.78, 5) is 53.8. The Labute approximate surface area is 417 Å². The van der Waals surface area contributed by atoms with Gasteiger partial charge in [-0.25, -0.2) is 4.79 Å². The number of hydrogen-bond acceptors (Lipinski definition) is 13. The van der Waals surface area contributed by atoms with Gasteiger partial charge in [0.25, 0.3) is 11.7 Å². The van der Waals surface area contributed by atoms with Crippen molar-refractivity contribution in [3.05, 3.63) is 47.6 Å². The van der Waals surface area contributed by atoms with Crippen molar-refractivity contribution >= 4 is 23.4 Å². The summed E-state index contributed by atoms with van der Waals surface area (Å²) in [7, 11) is 3.96. The van der Waals surface area contributed by atoms with Crippen LogP contribution in [0.2, 0.25) is 0 Å². The maximum atomic E-state index is 12.7. The maximum absolute atomic E-state index is 12.7. The van der Waals surface area contributed by atoms with E-state index in [0.29, 0.717) is 56.3 Å². The largest absolute Gasteiger partial charge is 0.464 e. The van der Waals surface area contributed by atoms with Crippen LogP contribution in [-0.4, -0.2) is 132 Å². The molecule has 15 heteroatoms. The van der Waals surface area contributed by atoms with Crippen LogP contribution in [0.1, 0.15) is 172 Å². The lowest BCUT2D eigenvalue weighted by Gasteiger charge is -2.39. The Hall–Kier alpha value is -3.15. The van der Waals surface area contributed by atoms with Crippen LogP contribution in [0, 0.1) is 23.7 Å². The predicted molar refractivity (Wildman–Crippen MR) is 275 cm³/mol. The number of hydrogen-bond donors (Lipinski definition) is 5. The first-order valence-corrected chi connectivity index (χ1v) is 25.2. The molecule has 1 amide bonds. The van der Waals surface area contributed by atoms with Crippen LogP contribution in [0.25, 0.3) is 0 Å². The fraction of sp³-hybridized carbons (Fsp3) is 0.778. The number of ketones is 2. The van der Waals surface area contributed by atoms with Gasteiger partial charge in [-0.3, -0.25) is 14.4 Å². The quantitative estimate of drug-likeness (QED) is 0.0354. The number of ether oxygens (including phenoxy) is 3. The summed E-state index contributed by atoms with van der Waals surface area (Å²) in [5.41, 5.74) is 2.27. The summed E-state index contributed by atoms with van der Waals surface area (Å²) >= 11 is 0. The second-order valence-electron chi connectivity index (χ2n) is 17.9. The van der Waals surface area contributed by atoms with Gasteiger partial charge in [-0.05, 0) is 114 Å². The minimum Gasteiger partial charge on any atom is -0.464 e. The Kier molecular flexibility index (Phi) is 48.2. The molecule has 0 bridgehead atoms. The molecule has 69 heavy (non-hydrogen) atoms. The molecule has 2 aliphatic heterocycles. The molecule has 14 nitrogen and oxygen atoms in total. The van der Waals surface area contributed by atoms with Gasteiger partial charge in [-0.15, -0.1) is 0 Å². The summed E-state index contributed by atoms with van der Waals surface area (Å²) in [6.07, 6.45) is 26.7. The Morgan fingerprint density at radius 3 is 1.93 bits per heavy atom. The average molecular weight is 990 g/mol. The molecular weight excluding hydrogens is 890 g/mol. The molecule has 0 aromatic heterocycles. The van der Waals surface area contributed by atoms with Gasteiger partial charge in [0.1, 0.15) is 11.8 Å². The lowest BCUT2D eigenvalue weighted by molar-refractivity contribution is -0.240. The van der Waals surface area contributed by atoms with E-state index >= 15 is 0 Å². The number of allylic oxidation sites excluding steroid dienone is 7. The van der Waals surface area contributed by atoms with Crippen molar-refractivity contribution in [3.8, 4) is 0 Å². The van der Waals surface area contributed by atoms with Crippen LogP contribution in [0.15, 0.2) is 47.6 Å². The molecule has 7 atom stereocenters. The van der Waals surface area contributed by atoms with Crippen LogP contribution < -0.4 is 0 Å². The predicted octanol–water partition coefficient (Wildman–Crippen LogP) is 9.54. The van der Waals surface area contributed by atoms with Gasteiger partial charge in [0.05, 0.1) is 38.6 Å². The summed E-state index contributed by atoms with van der Waals surface area (Å²) < 4.78 is 25.9. The monoisotopic (exact) mass is 990 g/mol. The smallest absolute Gasteiger partial charge is 0.328 e. The van der Waals surface area contributed by atoms with Gasteiger partial charge in [0.15, 0.2) is 0 Å². The molecule has 3 aliphatic rings. The topological polar surface area (TPSA) is 210 Å². The fourth-order valence-corrected chi connectivity index (χ4v) is 7.49. The van der Waals surface area contributed by atoms with Crippen molar-refractivity contribution in [3.63, 3.8) is 0 Å². The molecule has 0 aromatic rings. The number of esters is 1. The van der Waals surface area contributed by atoms with E-state index in [2.05, 4.69) is 83.8 Å². The van der Waals surface area contributed by atoms with Crippen molar-refractivity contribution in [2.75, 3.05) is 48.2 Å². The van der Waals surface area contributed by atoms with Crippen molar-refractivity contribution in [1.29, 1.82) is 0 Å². The number of aliphatic hydroxyl groups excluding tert-OH is 4. The summed E-state index contributed by atoms with van der Waals surface area (Å²) in [6.45, 7) is 23.2. The average Bonchev–Trinajstić information content (AvgIpc) is 3.35. The third-order valence-electron chi connectivity index (χ3n) is 11.8. The molecule has 3 rings (SSSR count). The molecule has 0 aromatic carbocycles. The Balaban J connectivity index is -0.000000449. The van der Waals surface area contributed by atoms with E-state index in [1.807, 2.05) is 26.8 Å². The highest BCUT2D eigenvalue weighted by atomic mass is 19.3. The van der Waals surface area contributed by atoms with Crippen LogP contribution in [0.4, 0.5) is 4.53 Å². The molecule has 406 valence electrons. The van der Waals surface area contributed by atoms with Gasteiger partial charge >= 0.3 is 5.97 Å². The van der Waals surface area contributed by atoms with Gasteiger partial charge in [0, 0.05) is 46.1 Å². The van der Waals surface area contributed by atoms with Gasteiger partial charge < -0.3 is 44.6 Å². The Bertz CT molecular complexity index is 1430. The first kappa shape index (κ1) is 72.4. The summed E-state index contributed by atoms with van der Waals surface area (Å²) in [6, 6.07) is -0.760. The summed E-state index contributed by atoms with van der Waals surface area (Å²) in [5.74, 6) is -3.99. The van der Waals surface area contributed by atoms with E-state index in [1.165, 1.54) is 42.6 Å². The van der Waals surface area contributed by atoms with E-state index < -0.39 is 41.5 Å². The molecule has 0 radical (unpaired) electrons. The van der Waals surface area contributed by atoms with Crippen LogP contribution in [0.3, 0.4) is 0 Å². The second-order valence-corrected chi connectivity index (χ2v) is 17.9. The zero-order valence-electron chi connectivity index (χ0n) is 45.6. The van der Waals surface area contributed by atoms with Gasteiger partial charge in [-0.2, -0.15) is 4.94 Å². The number of carbonyl (C=O) groups excluding carboxylic acids is 4. The first-order chi connectivity index (χ1) is 32.8. The van der Waals surface area contributed by atoms with Crippen molar-refractivity contribution in [1.82, 2.24) is 4.90 Å². The van der Waals surface area contributed by atoms with E-state index in [1.54, 1.807) is 6.92 Å². The molecule has 5 unspecified atom stereocenters. The number of rotatable bonds is 19. The third-order valence-corrected chi connectivity index (χ3v) is 11.8. The fourth-order valence-electron chi connectivity index (χ4n) is 7.49. The number of nitrogens with zero attached hydrogens (tertiary/aromatic N) is 1. The lowest BCUT2D eigenvalue weighted by atomic mass is 9.88. The zero-order chi connectivity index (χ0) is 54.0. The van der Waals surface area contributed by atoms with E-state index in [9.17, 15) is 33.9 Å². The first-order valence-electron chi connectivity index (χ1n) is 25.2. The minimum atomic E-state index is -2.09. The van der Waals surface area contributed by atoms with E-state index in [-0.39, 0.29) is 31.3 Å². The zero-order valence-corrected chi connectivity index (χ0v) is 45.6. The molecule has 0 spiro atoms. The highest BCUT2D eigenvalue weighted by Gasteiger charge is 2.50. The van der Waals surface area contributed by atoms with Gasteiger partial charge in [0.2, 0.25) is 5.79 Å². The van der Waals surface area contributed by atoms with Crippen LogP contribution in [-0.2, 0) is 38.3 Å². The third kappa shape index (κ3) is 33.2. The normalized spacial score (nSPS) is 21.3. The van der Waals surface area contributed by atoms with Crippen molar-refractivity contribution in [2.24, 2.45) is 23.7 Å². The number of Topliss-reactive ketones (excluding diaryl/α,β-unsaturated/α-hetero) is 2. The Morgan fingerprint density at radius 1 is 0.826 bits per heavy atom. The standard InChI is InChI=1S/C24H40O2.C17H27NO6.C9H18O.CH3FO.3CH4O/c1-8-18(3)13-11-10-12-14-20(5)16-22(7)24(26)17-23(25)21(6)15-19(4)9-2;1-3-10-23-16(21)13-8-4-5-9-18(13)15(20)14(19)17(22)12(2)7-6-11-24-17;1-8(2)10-9-6-4-3-5-7-9;1-3-2;3*1-2/h10-15,19-20,22-23,25H,8-9,16-17H2,1-7H3;12-13,22H,3-11H2,1-2H3;8-9H,3-7H2,1-2H3;1H3;3*2H,1H3/b11-10+,14-12+,18-13+,21-15+;;;;;;/t19-,20+,22?,23?;;;;;;/m0....../s1. The number of piperidine rings is 1. The molecular formula is C54H100FNO13. The highest BCUT2D eigenvalue weighted by Crippen LogP contribution is 2.31. The molecule has 3 fully saturated rings. The number of aliphatic hydroxyl groups is 5. The Morgan fingerprint density at radius 2 is 1.41 bits per heavy atom. The molecule has 5 N–H and O–H groups in total. The number of likely N-dealkylation sites (tertiary alicyclic amines) is 1. The highest BCUT2D eigenvalue weighted by molar-refractivity contribution is 6.39. The molecule has 1 saturated carbocycles. The lowest BCUT2D eigenvalue weighted by Crippen LogP contribution is -2.59. The van der Waals surface area contributed by atoms with Crippen molar-refractivity contribution in [2.45, 2.75) is 203 Å². The summed E-state index contributed by atoms with van der Waals surface area (Å²) in [5, 5.41) is 41.8. The molecule has 2 heterocycles. The number of amides is 1. The second kappa shape index (κ2) is 46.0. The van der Waals surface area contributed by atoms with Crippen molar-refractivity contribution < 1.29 is 68.4 Å². The van der Waals surface area contributed by atoms with Crippen LogP contribution in [0.5, 0.6) is 0 Å². The maximum Gasteiger partial charge on any atom is 0.328 e. The molecule has 2 saturated heterocycles. The SMILES string of the molecule is CC(C)OC1CCCCC1.CC/C(C)=C/C=C/C=C/[C@@H](C)CC(C)C(=O)CC(O)/C(C)=C/[C@@H](C)CC.CCCOC(=O)C1CCCCN1C(=O)C(=O)C1(O)OCCCC1C.CO.CO.CO.COF. The minimum absolute atomic E-state index is 0.0353. The number of carbonyl (C=O) groups is 4. The number of halogens is 1. The van der Waals surface area contributed by atoms with E-state index in [4.69, 9.17) is 29.5 Å². The van der Waals surface area contributed by atoms with Gasteiger partial charge in [-0.1, -0.05) is 116 Å². The van der Waals surface area contributed by atoms with Crippen LogP contribution >= 0.6 is 0 Å².